The first kappa shape index (κ1) is 37.0. The van der Waals surface area contributed by atoms with Gasteiger partial charge in [-0.1, -0.05) is 140 Å². The lowest BCUT2D eigenvalue weighted by Crippen LogP contribution is -2.59. The molecule has 0 bridgehead atoms. The van der Waals surface area contributed by atoms with Crippen molar-refractivity contribution < 1.29 is 19.5 Å². The van der Waals surface area contributed by atoms with Crippen molar-refractivity contribution in [1.82, 2.24) is 0 Å². The lowest BCUT2D eigenvalue weighted by molar-refractivity contribution is -0.135. The monoisotopic (exact) mass is 904 g/mol. The highest BCUT2D eigenvalue weighted by molar-refractivity contribution is 9.10. The fraction of sp³-hybridized carbons (Fsp3) is 0.152. The van der Waals surface area contributed by atoms with Crippen LogP contribution in [0.25, 0.3) is 0 Å². The van der Waals surface area contributed by atoms with Gasteiger partial charge in [0.05, 0.1) is 24.4 Å². The molecule has 0 radical (unpaired) electrons. The molecular weight excluding hydrogens is 875 g/mol. The lowest BCUT2D eigenvalue weighted by Gasteiger charge is -2.42. The van der Waals surface area contributed by atoms with E-state index in [1.807, 2.05) is 60.7 Å². The predicted octanol–water partition coefficient (Wildman–Crippen LogP) is 10.6. The molecule has 4 atom stereocenters. The zero-order chi connectivity index (χ0) is 39.0. The average molecular weight is 907 g/mol. The Hall–Kier alpha value is -4.57. The van der Waals surface area contributed by atoms with Gasteiger partial charge in [-0.2, -0.15) is 0 Å². The minimum Gasteiger partial charge on any atom is -0.384 e. The van der Waals surface area contributed by atoms with Crippen LogP contribution < -0.4 is 9.80 Å². The number of carbonyl (C=O) groups is 3. The summed E-state index contributed by atoms with van der Waals surface area (Å²) in [5.74, 6) is -2.85. The Labute approximate surface area is 350 Å². The van der Waals surface area contributed by atoms with Crippen LogP contribution in [0.1, 0.15) is 44.6 Å². The second-order valence-electron chi connectivity index (χ2n) is 14.7. The van der Waals surface area contributed by atoms with Crippen LogP contribution in [0.3, 0.4) is 0 Å². The van der Waals surface area contributed by atoms with Crippen molar-refractivity contribution in [2.45, 2.75) is 35.9 Å². The van der Waals surface area contributed by atoms with Crippen molar-refractivity contribution in [2.24, 2.45) is 5.92 Å². The summed E-state index contributed by atoms with van der Waals surface area (Å²) in [6, 6.07) is 43.5. The SMILES string of the molecule is O=C(c1ccc(Br)cc1)[C@H]1[C@@]2(C(=O)N(Cc3ccccc3)c3ccc(Cl)cc32)[C@@](O)(c2ccc(Br)cc2)C[C@]12C(=O)N(Cc1ccccc1)c1ccc(Cl)cc12. The molecule has 0 unspecified atom stereocenters. The van der Waals surface area contributed by atoms with Gasteiger partial charge in [-0.05, 0) is 88.5 Å². The Bertz CT molecular complexity index is 2560. The Balaban J connectivity index is 1.40. The Morgan fingerprint density at radius 3 is 1.68 bits per heavy atom. The molecule has 10 heteroatoms. The fourth-order valence-corrected chi connectivity index (χ4v) is 10.4. The number of aliphatic hydroxyl groups is 1. The maximum Gasteiger partial charge on any atom is 0.242 e. The van der Waals surface area contributed by atoms with Gasteiger partial charge in [0.2, 0.25) is 11.8 Å². The van der Waals surface area contributed by atoms with Crippen molar-refractivity contribution in [3.8, 4) is 0 Å². The molecule has 0 aromatic heterocycles. The number of fused-ring (bicyclic) bond motifs is 4. The highest BCUT2D eigenvalue weighted by Gasteiger charge is 2.82. The quantitative estimate of drug-likeness (QED) is 0.162. The fourth-order valence-electron chi connectivity index (χ4n) is 9.55. The molecule has 278 valence electrons. The van der Waals surface area contributed by atoms with E-state index in [1.54, 1.807) is 94.7 Å². The molecule has 6 aromatic rings. The number of carbonyl (C=O) groups excluding carboxylic acids is 3. The Morgan fingerprint density at radius 1 is 0.643 bits per heavy atom. The molecule has 2 amide bonds. The molecule has 1 fully saturated rings. The third-order valence-corrected chi connectivity index (χ3v) is 13.3. The summed E-state index contributed by atoms with van der Waals surface area (Å²) in [4.78, 5) is 51.3. The first-order chi connectivity index (χ1) is 27.0. The van der Waals surface area contributed by atoms with Gasteiger partial charge in [0.1, 0.15) is 11.0 Å². The van der Waals surface area contributed by atoms with Crippen molar-refractivity contribution in [3.05, 3.63) is 198 Å². The zero-order valence-electron chi connectivity index (χ0n) is 29.6. The number of hydrogen-bond acceptors (Lipinski definition) is 4. The number of hydrogen-bond donors (Lipinski definition) is 1. The minimum absolute atomic E-state index is 0.148. The van der Waals surface area contributed by atoms with Crippen LogP contribution in [-0.2, 0) is 39.1 Å². The van der Waals surface area contributed by atoms with Crippen LogP contribution in [0.15, 0.2) is 155 Å². The van der Waals surface area contributed by atoms with Crippen LogP contribution in [0, 0.1) is 5.92 Å². The summed E-state index contributed by atoms with van der Waals surface area (Å²) >= 11 is 20.7. The van der Waals surface area contributed by atoms with Crippen molar-refractivity contribution in [1.29, 1.82) is 0 Å². The number of ketones is 1. The number of benzene rings is 6. The average Bonchev–Trinajstić information content (AvgIpc) is 3.69. The second kappa shape index (κ2) is 13.8. The van der Waals surface area contributed by atoms with Crippen molar-refractivity contribution in [2.75, 3.05) is 9.80 Å². The van der Waals surface area contributed by atoms with Gasteiger partial charge in [0.25, 0.3) is 0 Å². The lowest BCUT2D eigenvalue weighted by atomic mass is 9.58. The number of amides is 2. The first-order valence-electron chi connectivity index (χ1n) is 18.1. The topological polar surface area (TPSA) is 77.9 Å². The normalized spacial score (nSPS) is 23.6. The number of nitrogens with zero attached hydrogens (tertiary/aromatic N) is 2. The van der Waals surface area contributed by atoms with Crippen LogP contribution in [0.5, 0.6) is 0 Å². The van der Waals surface area contributed by atoms with E-state index in [1.165, 1.54) is 0 Å². The molecular formula is C46H32Br2Cl2N2O4. The van der Waals surface area contributed by atoms with Gasteiger partial charge in [0, 0.05) is 42.3 Å². The minimum atomic E-state index is -2.14. The van der Waals surface area contributed by atoms with E-state index in [0.29, 0.717) is 38.1 Å². The molecule has 6 nitrogen and oxygen atoms in total. The van der Waals surface area contributed by atoms with Crippen LogP contribution in [0.2, 0.25) is 10.0 Å². The number of Topliss-reactive ketones (excluding diaryl/α,β-unsaturated/α-hetero) is 1. The molecule has 0 saturated heterocycles. The number of anilines is 2. The summed E-state index contributed by atoms with van der Waals surface area (Å²) < 4.78 is 1.51. The van der Waals surface area contributed by atoms with Gasteiger partial charge >= 0.3 is 0 Å². The third kappa shape index (κ3) is 5.41. The maximum atomic E-state index is 16.2. The molecule has 1 N–H and O–H groups in total. The molecule has 1 saturated carbocycles. The van der Waals surface area contributed by atoms with E-state index in [4.69, 9.17) is 23.2 Å². The molecule has 2 heterocycles. The summed E-state index contributed by atoms with van der Waals surface area (Å²) in [6.45, 7) is 0.338. The maximum absolute atomic E-state index is 16.2. The number of rotatable bonds is 7. The molecule has 9 rings (SSSR count). The van der Waals surface area contributed by atoms with Crippen LogP contribution in [0.4, 0.5) is 11.4 Å². The van der Waals surface area contributed by atoms with Gasteiger partial charge in [-0.25, -0.2) is 0 Å². The highest BCUT2D eigenvalue weighted by atomic mass is 79.9. The van der Waals surface area contributed by atoms with E-state index in [9.17, 15) is 5.11 Å². The van der Waals surface area contributed by atoms with E-state index in [2.05, 4.69) is 31.9 Å². The van der Waals surface area contributed by atoms with Gasteiger partial charge in [-0.15, -0.1) is 0 Å². The highest BCUT2D eigenvalue weighted by Crippen LogP contribution is 2.72. The zero-order valence-corrected chi connectivity index (χ0v) is 34.3. The predicted molar refractivity (Wildman–Crippen MR) is 226 cm³/mol. The number of halogens is 4. The Morgan fingerprint density at radius 2 is 1.12 bits per heavy atom. The van der Waals surface area contributed by atoms with E-state index in [0.717, 1.165) is 20.1 Å². The molecule has 1 aliphatic carbocycles. The summed E-state index contributed by atoms with van der Waals surface area (Å²) in [5.41, 5.74) is -1.68. The summed E-state index contributed by atoms with van der Waals surface area (Å²) in [5, 5.41) is 14.7. The van der Waals surface area contributed by atoms with Crippen LogP contribution in [-0.4, -0.2) is 22.7 Å². The third-order valence-electron chi connectivity index (χ3n) is 11.8. The molecule has 2 spiro atoms. The van der Waals surface area contributed by atoms with Gasteiger partial charge < -0.3 is 14.9 Å². The van der Waals surface area contributed by atoms with Crippen molar-refractivity contribution >= 4 is 84.0 Å². The largest absolute Gasteiger partial charge is 0.384 e. The summed E-state index contributed by atoms with van der Waals surface area (Å²) in [7, 11) is 0. The van der Waals surface area contributed by atoms with Crippen molar-refractivity contribution in [3.63, 3.8) is 0 Å². The van der Waals surface area contributed by atoms with Gasteiger partial charge in [-0.3, -0.25) is 14.4 Å². The van der Waals surface area contributed by atoms with Crippen LogP contribution >= 0.6 is 55.1 Å². The second-order valence-corrected chi connectivity index (χ2v) is 17.4. The first-order valence-corrected chi connectivity index (χ1v) is 20.4. The van der Waals surface area contributed by atoms with E-state index < -0.39 is 39.9 Å². The molecule has 2 aliphatic heterocycles. The Kier molecular flexibility index (Phi) is 9.14. The smallest absolute Gasteiger partial charge is 0.242 e. The van der Waals surface area contributed by atoms with Gasteiger partial charge in [0.15, 0.2) is 5.78 Å². The molecule has 6 aromatic carbocycles. The van der Waals surface area contributed by atoms with E-state index >= 15 is 14.4 Å². The molecule has 3 aliphatic rings. The van der Waals surface area contributed by atoms with E-state index in [-0.39, 0.29) is 25.1 Å². The summed E-state index contributed by atoms with van der Waals surface area (Å²) in [6.07, 6.45) is -0.303. The molecule has 56 heavy (non-hydrogen) atoms. The standard InChI is InChI=1S/C46H32Br2Cl2N2O4/c47-32-15-11-30(12-16-32)40(53)41-44(36-23-34(49)19-21-38(36)51(42(44)54)25-28-7-3-1-4-8-28)27-45(56,31-13-17-33(48)18-14-31)46(41)37-24-35(50)20-22-39(37)52(43(46)55)26-29-9-5-2-6-10-29/h1-24,41,56H,25-27H2/t41-,44-,45+,46+/m1/s1.